The van der Waals surface area contributed by atoms with Crippen molar-refractivity contribution in [1.82, 2.24) is 4.31 Å². The summed E-state index contributed by atoms with van der Waals surface area (Å²) in [5.74, 6) is -0.276. The number of amides is 1. The van der Waals surface area contributed by atoms with Gasteiger partial charge >= 0.3 is 0 Å². The molecule has 166 valence electrons. The van der Waals surface area contributed by atoms with Gasteiger partial charge in [0.1, 0.15) is 16.4 Å². The number of Topliss-reactive ketones (excluding diaryl/α,β-unsaturated/α-hetero) is 1. The lowest BCUT2D eigenvalue weighted by atomic mass is 9.98. The molecule has 9 heteroatoms. The highest BCUT2D eigenvalue weighted by Crippen LogP contribution is 2.33. The van der Waals surface area contributed by atoms with Crippen LogP contribution in [0.2, 0.25) is 0 Å². The van der Waals surface area contributed by atoms with Crippen LogP contribution in [-0.4, -0.2) is 51.7 Å². The normalized spacial score (nSPS) is 17.1. The lowest BCUT2D eigenvalue weighted by Gasteiger charge is -2.31. The molecule has 1 aliphatic rings. The fourth-order valence-electron chi connectivity index (χ4n) is 3.56. The van der Waals surface area contributed by atoms with Crippen LogP contribution >= 0.6 is 0 Å². The highest BCUT2D eigenvalue weighted by molar-refractivity contribution is 7.89. The summed E-state index contributed by atoms with van der Waals surface area (Å²) >= 11 is 0. The van der Waals surface area contributed by atoms with Gasteiger partial charge in [-0.15, -0.1) is 0 Å². The molecule has 0 aromatic heterocycles. The molecule has 2 aromatic carbocycles. The number of carbonyl (C=O) groups excluding carboxylic acids is 2. The van der Waals surface area contributed by atoms with Crippen LogP contribution in [0.15, 0.2) is 47.4 Å². The van der Waals surface area contributed by atoms with Crippen molar-refractivity contribution in [2.24, 2.45) is 5.92 Å². The second-order valence-electron chi connectivity index (χ2n) is 7.35. The summed E-state index contributed by atoms with van der Waals surface area (Å²) < 4.78 is 38.3. The molecule has 0 unspecified atom stereocenters. The number of ketones is 1. The van der Waals surface area contributed by atoms with Gasteiger partial charge in [0.15, 0.2) is 5.78 Å². The molecule has 1 aliphatic heterocycles. The molecule has 0 saturated carbocycles. The number of carbonyl (C=O) groups is 2. The molecule has 0 radical (unpaired) electrons. The van der Waals surface area contributed by atoms with Crippen molar-refractivity contribution < 1.29 is 27.5 Å². The van der Waals surface area contributed by atoms with E-state index in [9.17, 15) is 18.0 Å². The van der Waals surface area contributed by atoms with Crippen molar-refractivity contribution in [1.29, 1.82) is 0 Å². The molecule has 1 saturated heterocycles. The molecule has 0 bridgehead atoms. The van der Waals surface area contributed by atoms with Gasteiger partial charge in [0.05, 0.1) is 20.1 Å². The lowest BCUT2D eigenvalue weighted by molar-refractivity contribution is -0.120. The van der Waals surface area contributed by atoms with Crippen LogP contribution < -0.4 is 14.8 Å². The first kappa shape index (κ1) is 22.8. The van der Waals surface area contributed by atoms with Crippen LogP contribution in [0.1, 0.15) is 30.1 Å². The minimum atomic E-state index is -3.89. The van der Waals surface area contributed by atoms with E-state index in [4.69, 9.17) is 9.47 Å². The van der Waals surface area contributed by atoms with Crippen molar-refractivity contribution in [2.75, 3.05) is 32.6 Å². The van der Waals surface area contributed by atoms with Crippen LogP contribution in [-0.2, 0) is 14.8 Å². The monoisotopic (exact) mass is 446 g/mol. The third kappa shape index (κ3) is 5.05. The number of methoxy groups -OCH3 is 2. The molecule has 1 N–H and O–H groups in total. The zero-order valence-corrected chi connectivity index (χ0v) is 18.6. The molecule has 1 heterocycles. The summed E-state index contributed by atoms with van der Waals surface area (Å²) in [4.78, 5) is 24.4. The van der Waals surface area contributed by atoms with Gasteiger partial charge in [-0.1, -0.05) is 12.1 Å². The van der Waals surface area contributed by atoms with E-state index in [1.54, 1.807) is 36.4 Å². The molecule has 3 rings (SSSR count). The molecule has 31 heavy (non-hydrogen) atoms. The number of hydrogen-bond acceptors (Lipinski definition) is 6. The van der Waals surface area contributed by atoms with E-state index in [0.717, 1.165) is 0 Å². The highest BCUT2D eigenvalue weighted by Gasteiger charge is 2.35. The van der Waals surface area contributed by atoms with Gasteiger partial charge in [-0.2, -0.15) is 4.31 Å². The largest absolute Gasteiger partial charge is 0.497 e. The minimum absolute atomic E-state index is 0.00423. The van der Waals surface area contributed by atoms with Gasteiger partial charge in [0, 0.05) is 30.4 Å². The second-order valence-corrected chi connectivity index (χ2v) is 9.25. The minimum Gasteiger partial charge on any atom is -0.497 e. The van der Waals surface area contributed by atoms with Gasteiger partial charge in [0.2, 0.25) is 15.9 Å². The van der Waals surface area contributed by atoms with Crippen molar-refractivity contribution >= 4 is 27.4 Å². The fraction of sp³-hybridized carbons (Fsp3) is 0.364. The van der Waals surface area contributed by atoms with E-state index >= 15 is 0 Å². The first-order valence-corrected chi connectivity index (χ1v) is 11.3. The van der Waals surface area contributed by atoms with Crippen LogP contribution in [0.25, 0.3) is 0 Å². The Morgan fingerprint density at radius 2 is 1.87 bits per heavy atom. The first-order chi connectivity index (χ1) is 14.8. The van der Waals surface area contributed by atoms with Gasteiger partial charge in [0.25, 0.3) is 0 Å². The van der Waals surface area contributed by atoms with Crippen LogP contribution in [0.3, 0.4) is 0 Å². The predicted octanol–water partition coefficient (Wildman–Crippen LogP) is 2.95. The molecule has 2 aromatic rings. The molecule has 1 fully saturated rings. The van der Waals surface area contributed by atoms with Gasteiger partial charge < -0.3 is 14.8 Å². The average molecular weight is 447 g/mol. The number of hydrogen-bond donors (Lipinski definition) is 1. The number of piperidine rings is 1. The number of rotatable bonds is 7. The van der Waals surface area contributed by atoms with E-state index < -0.39 is 15.9 Å². The molecule has 8 nitrogen and oxygen atoms in total. The van der Waals surface area contributed by atoms with Gasteiger partial charge in [-0.25, -0.2) is 8.42 Å². The van der Waals surface area contributed by atoms with E-state index in [2.05, 4.69) is 5.32 Å². The van der Waals surface area contributed by atoms with Crippen LogP contribution in [0, 0.1) is 5.92 Å². The fourth-order valence-corrected chi connectivity index (χ4v) is 5.25. The van der Waals surface area contributed by atoms with E-state index in [0.29, 0.717) is 36.4 Å². The zero-order valence-electron chi connectivity index (χ0n) is 17.8. The SMILES string of the molecule is COc1ccc(OC)c(S(=O)(=O)N2CCC[C@H](C(=O)Nc3cccc(C(C)=O)c3)C2)c1. The van der Waals surface area contributed by atoms with Gasteiger partial charge in [-0.3, -0.25) is 9.59 Å². The number of sulfonamides is 1. The Labute approximate surface area is 182 Å². The molecule has 0 spiro atoms. The maximum atomic E-state index is 13.3. The Balaban J connectivity index is 1.79. The maximum Gasteiger partial charge on any atom is 0.246 e. The van der Waals surface area contributed by atoms with Crippen LogP contribution in [0.5, 0.6) is 11.5 Å². The summed E-state index contributed by atoms with van der Waals surface area (Å²) in [7, 11) is -1.03. The zero-order chi connectivity index (χ0) is 22.6. The maximum absolute atomic E-state index is 13.3. The quantitative estimate of drug-likeness (QED) is 0.656. The number of nitrogens with zero attached hydrogens (tertiary/aromatic N) is 1. The van der Waals surface area contributed by atoms with E-state index in [1.165, 1.54) is 31.5 Å². The topological polar surface area (TPSA) is 102 Å². The van der Waals surface area contributed by atoms with E-state index in [1.807, 2.05) is 0 Å². The Morgan fingerprint density at radius 3 is 2.55 bits per heavy atom. The van der Waals surface area contributed by atoms with Gasteiger partial charge in [-0.05, 0) is 44.0 Å². The Morgan fingerprint density at radius 1 is 1.10 bits per heavy atom. The lowest BCUT2D eigenvalue weighted by Crippen LogP contribution is -2.43. The van der Waals surface area contributed by atoms with Crippen molar-refractivity contribution in [3.8, 4) is 11.5 Å². The van der Waals surface area contributed by atoms with Crippen molar-refractivity contribution in [3.63, 3.8) is 0 Å². The first-order valence-electron chi connectivity index (χ1n) is 9.90. The smallest absolute Gasteiger partial charge is 0.246 e. The number of benzene rings is 2. The van der Waals surface area contributed by atoms with Crippen molar-refractivity contribution in [2.45, 2.75) is 24.7 Å². The molecule has 1 amide bonds. The molecule has 0 aliphatic carbocycles. The number of nitrogens with one attached hydrogen (secondary N) is 1. The van der Waals surface area contributed by atoms with Crippen LogP contribution in [0.4, 0.5) is 5.69 Å². The second kappa shape index (κ2) is 9.49. The van der Waals surface area contributed by atoms with E-state index in [-0.39, 0.29) is 28.9 Å². The van der Waals surface area contributed by atoms with Crippen molar-refractivity contribution in [3.05, 3.63) is 48.0 Å². The standard InChI is InChI=1S/C22H26N2O6S/c1-15(25)16-6-4-8-18(12-16)23-22(26)17-7-5-11-24(14-17)31(27,28)21-13-19(29-2)9-10-20(21)30-3/h4,6,8-10,12-13,17H,5,7,11,14H2,1-3H3,(H,23,26)/t17-/m0/s1. The molecular weight excluding hydrogens is 420 g/mol. The third-order valence-corrected chi connectivity index (χ3v) is 7.17. The highest BCUT2D eigenvalue weighted by atomic mass is 32.2. The summed E-state index contributed by atoms with van der Waals surface area (Å²) in [6, 6.07) is 11.3. The summed E-state index contributed by atoms with van der Waals surface area (Å²) in [5.41, 5.74) is 1.00. The molecular formula is C22H26N2O6S. The Kier molecular flexibility index (Phi) is 6.97. The summed E-state index contributed by atoms with van der Waals surface area (Å²) in [6.45, 7) is 1.82. The summed E-state index contributed by atoms with van der Waals surface area (Å²) in [6.07, 6.45) is 1.12. The molecule has 1 atom stereocenters. The summed E-state index contributed by atoms with van der Waals surface area (Å²) in [5, 5.41) is 2.80. The third-order valence-electron chi connectivity index (χ3n) is 5.28. The predicted molar refractivity (Wildman–Crippen MR) is 116 cm³/mol. The Bertz CT molecular complexity index is 1080. The Hall–Kier alpha value is -2.91. The average Bonchev–Trinajstić information content (AvgIpc) is 2.78. The number of anilines is 1. The number of ether oxygens (including phenoxy) is 2.